The van der Waals surface area contributed by atoms with Gasteiger partial charge in [0.05, 0.1) is 5.56 Å². The van der Waals surface area contributed by atoms with E-state index in [-0.39, 0.29) is 11.3 Å². The second-order valence-electron chi connectivity index (χ2n) is 5.28. The zero-order valence-electron chi connectivity index (χ0n) is 10.2. The van der Waals surface area contributed by atoms with E-state index in [1.165, 1.54) is 18.4 Å². The highest BCUT2D eigenvalue weighted by molar-refractivity contribution is 6.02. The first-order valence-electron chi connectivity index (χ1n) is 6.36. The van der Waals surface area contributed by atoms with Gasteiger partial charge in [0.2, 0.25) is 0 Å². The maximum absolute atomic E-state index is 12.4. The summed E-state index contributed by atoms with van der Waals surface area (Å²) in [5.74, 6) is 0.123. The second-order valence-corrected chi connectivity index (χ2v) is 5.28. The first-order valence-corrected chi connectivity index (χ1v) is 6.36. The standard InChI is InChI=1S/C14H18N2O/c1-2-8-16-9-14(6-7-14)10-4-3-5-11(15)12(10)13(16)17/h3-5H,2,6-9,15H2,1H3. The van der Waals surface area contributed by atoms with E-state index in [0.717, 1.165) is 25.1 Å². The summed E-state index contributed by atoms with van der Waals surface area (Å²) in [5, 5.41) is 0. The summed E-state index contributed by atoms with van der Waals surface area (Å²) in [4.78, 5) is 14.4. The molecule has 1 heterocycles. The zero-order valence-corrected chi connectivity index (χ0v) is 10.2. The van der Waals surface area contributed by atoms with E-state index in [1.54, 1.807) is 0 Å². The van der Waals surface area contributed by atoms with Crippen molar-refractivity contribution in [2.45, 2.75) is 31.6 Å². The van der Waals surface area contributed by atoms with Crippen molar-refractivity contribution in [1.82, 2.24) is 4.90 Å². The number of carbonyl (C=O) groups excluding carboxylic acids is 1. The van der Waals surface area contributed by atoms with Gasteiger partial charge in [-0.15, -0.1) is 0 Å². The van der Waals surface area contributed by atoms with Crippen LogP contribution in [0.5, 0.6) is 0 Å². The van der Waals surface area contributed by atoms with Gasteiger partial charge in [0.15, 0.2) is 0 Å². The molecule has 1 aromatic rings. The molecule has 2 aliphatic rings. The van der Waals surface area contributed by atoms with E-state index >= 15 is 0 Å². The Kier molecular flexibility index (Phi) is 2.18. The predicted octanol–water partition coefficient (Wildman–Crippen LogP) is 2.17. The van der Waals surface area contributed by atoms with Crippen molar-refractivity contribution in [2.24, 2.45) is 0 Å². The Morgan fingerprint density at radius 3 is 2.82 bits per heavy atom. The van der Waals surface area contributed by atoms with Gasteiger partial charge < -0.3 is 10.6 Å². The Morgan fingerprint density at radius 1 is 1.41 bits per heavy atom. The third-order valence-corrected chi connectivity index (χ3v) is 4.01. The van der Waals surface area contributed by atoms with Crippen molar-refractivity contribution < 1.29 is 4.79 Å². The fourth-order valence-corrected chi connectivity index (χ4v) is 2.96. The smallest absolute Gasteiger partial charge is 0.256 e. The van der Waals surface area contributed by atoms with Crippen molar-refractivity contribution >= 4 is 11.6 Å². The molecule has 1 aliphatic heterocycles. The molecule has 0 aromatic heterocycles. The van der Waals surface area contributed by atoms with E-state index in [9.17, 15) is 4.79 Å². The van der Waals surface area contributed by atoms with Crippen molar-refractivity contribution in [2.75, 3.05) is 18.8 Å². The van der Waals surface area contributed by atoms with Crippen LogP contribution in [-0.2, 0) is 5.41 Å². The molecular weight excluding hydrogens is 212 g/mol. The van der Waals surface area contributed by atoms with Gasteiger partial charge in [-0.3, -0.25) is 4.79 Å². The molecule has 0 atom stereocenters. The Morgan fingerprint density at radius 2 is 2.18 bits per heavy atom. The van der Waals surface area contributed by atoms with Gasteiger partial charge in [-0.2, -0.15) is 0 Å². The summed E-state index contributed by atoms with van der Waals surface area (Å²) in [5.41, 5.74) is 8.82. The van der Waals surface area contributed by atoms with Gasteiger partial charge in [-0.25, -0.2) is 0 Å². The van der Waals surface area contributed by atoms with Crippen LogP contribution in [0.15, 0.2) is 18.2 Å². The minimum Gasteiger partial charge on any atom is -0.398 e. The molecule has 1 aliphatic carbocycles. The number of anilines is 1. The molecule has 0 bridgehead atoms. The molecule has 2 N–H and O–H groups in total. The highest BCUT2D eigenvalue weighted by Crippen LogP contribution is 2.53. The maximum atomic E-state index is 12.4. The van der Waals surface area contributed by atoms with Crippen molar-refractivity contribution in [3.8, 4) is 0 Å². The Hall–Kier alpha value is -1.51. The predicted molar refractivity (Wildman–Crippen MR) is 68.0 cm³/mol. The molecule has 0 saturated heterocycles. The Balaban J connectivity index is 2.10. The van der Waals surface area contributed by atoms with E-state index in [0.29, 0.717) is 5.69 Å². The number of hydrogen-bond donors (Lipinski definition) is 1. The summed E-state index contributed by atoms with van der Waals surface area (Å²) < 4.78 is 0. The average Bonchev–Trinajstić information content (AvgIpc) is 3.07. The lowest BCUT2D eigenvalue weighted by Crippen LogP contribution is -2.44. The molecule has 1 amide bonds. The number of nitrogen functional groups attached to an aromatic ring is 1. The molecule has 1 saturated carbocycles. The van der Waals surface area contributed by atoms with Crippen LogP contribution >= 0.6 is 0 Å². The summed E-state index contributed by atoms with van der Waals surface area (Å²) in [6, 6.07) is 5.89. The minimum atomic E-state index is 0.123. The van der Waals surface area contributed by atoms with Crippen LogP contribution in [0.25, 0.3) is 0 Å². The normalized spacial score (nSPS) is 20.5. The molecule has 1 fully saturated rings. The van der Waals surface area contributed by atoms with E-state index in [1.807, 2.05) is 17.0 Å². The SMILES string of the molecule is CCCN1CC2(CC2)c2cccc(N)c2C1=O. The van der Waals surface area contributed by atoms with Crippen molar-refractivity contribution in [3.05, 3.63) is 29.3 Å². The van der Waals surface area contributed by atoms with Crippen LogP contribution in [0, 0.1) is 0 Å². The van der Waals surface area contributed by atoms with Gasteiger partial charge >= 0.3 is 0 Å². The first-order chi connectivity index (χ1) is 8.18. The van der Waals surface area contributed by atoms with Gasteiger partial charge in [-0.1, -0.05) is 19.1 Å². The molecule has 3 rings (SSSR count). The summed E-state index contributed by atoms with van der Waals surface area (Å²) in [7, 11) is 0. The van der Waals surface area contributed by atoms with Crippen LogP contribution < -0.4 is 5.73 Å². The van der Waals surface area contributed by atoms with Crippen LogP contribution in [-0.4, -0.2) is 23.9 Å². The van der Waals surface area contributed by atoms with E-state index in [2.05, 4.69) is 13.0 Å². The summed E-state index contributed by atoms with van der Waals surface area (Å²) >= 11 is 0. The van der Waals surface area contributed by atoms with Gasteiger partial charge in [0.25, 0.3) is 5.91 Å². The number of rotatable bonds is 2. The van der Waals surface area contributed by atoms with Crippen LogP contribution in [0.3, 0.4) is 0 Å². The highest BCUT2D eigenvalue weighted by Gasteiger charge is 2.51. The first kappa shape index (κ1) is 10.6. The highest BCUT2D eigenvalue weighted by atomic mass is 16.2. The summed E-state index contributed by atoms with van der Waals surface area (Å²) in [6.45, 7) is 3.83. The Labute approximate surface area is 102 Å². The zero-order chi connectivity index (χ0) is 12.0. The largest absolute Gasteiger partial charge is 0.398 e. The third kappa shape index (κ3) is 1.45. The molecule has 90 valence electrons. The minimum absolute atomic E-state index is 0.123. The van der Waals surface area contributed by atoms with Crippen molar-refractivity contribution in [1.29, 1.82) is 0 Å². The molecule has 0 radical (unpaired) electrons. The number of nitrogens with two attached hydrogens (primary N) is 1. The van der Waals surface area contributed by atoms with Gasteiger partial charge in [-0.05, 0) is 30.9 Å². The van der Waals surface area contributed by atoms with Crippen LogP contribution in [0.2, 0.25) is 0 Å². The molecule has 3 heteroatoms. The average molecular weight is 230 g/mol. The number of amides is 1. The topological polar surface area (TPSA) is 46.3 Å². The number of fused-ring (bicyclic) bond motifs is 2. The lowest BCUT2D eigenvalue weighted by atomic mass is 9.85. The van der Waals surface area contributed by atoms with Gasteiger partial charge in [0, 0.05) is 24.2 Å². The molecule has 0 unspecified atom stereocenters. The fraction of sp³-hybridized carbons (Fsp3) is 0.500. The maximum Gasteiger partial charge on any atom is 0.256 e. The monoisotopic (exact) mass is 230 g/mol. The van der Waals surface area contributed by atoms with Crippen LogP contribution in [0.1, 0.15) is 42.1 Å². The third-order valence-electron chi connectivity index (χ3n) is 4.01. The fourth-order valence-electron chi connectivity index (χ4n) is 2.96. The van der Waals surface area contributed by atoms with E-state index in [4.69, 9.17) is 5.73 Å². The number of nitrogens with zero attached hydrogens (tertiary/aromatic N) is 1. The van der Waals surface area contributed by atoms with Crippen molar-refractivity contribution in [3.63, 3.8) is 0 Å². The molecule has 3 nitrogen and oxygen atoms in total. The second kappa shape index (κ2) is 3.49. The molecule has 1 spiro atoms. The number of hydrogen-bond acceptors (Lipinski definition) is 2. The molecule has 1 aromatic carbocycles. The Bertz CT molecular complexity index is 477. The van der Waals surface area contributed by atoms with Crippen LogP contribution in [0.4, 0.5) is 5.69 Å². The number of benzene rings is 1. The lowest BCUT2D eigenvalue weighted by molar-refractivity contribution is 0.0714. The lowest BCUT2D eigenvalue weighted by Gasteiger charge is -2.35. The molecule has 17 heavy (non-hydrogen) atoms. The van der Waals surface area contributed by atoms with Gasteiger partial charge in [0.1, 0.15) is 0 Å². The number of carbonyl (C=O) groups is 1. The summed E-state index contributed by atoms with van der Waals surface area (Å²) in [6.07, 6.45) is 3.39. The quantitative estimate of drug-likeness (QED) is 0.791. The molecular formula is C14H18N2O. The van der Waals surface area contributed by atoms with E-state index < -0.39 is 0 Å².